The van der Waals surface area contributed by atoms with Crippen LogP contribution in [0.3, 0.4) is 0 Å². The van der Waals surface area contributed by atoms with E-state index in [0.29, 0.717) is 22.9 Å². The molecule has 0 aromatic carbocycles. The van der Waals surface area contributed by atoms with Crippen molar-refractivity contribution in [3.63, 3.8) is 0 Å². The van der Waals surface area contributed by atoms with Crippen molar-refractivity contribution >= 4 is 22.6 Å². The van der Waals surface area contributed by atoms with Crippen molar-refractivity contribution < 1.29 is 4.79 Å². The number of hydrogen-bond acceptors (Lipinski definition) is 4. The molecule has 144 valence electrons. The van der Waals surface area contributed by atoms with Gasteiger partial charge >= 0.3 is 0 Å². The number of nitrogens with zero attached hydrogens (tertiary/aromatic N) is 3. The highest BCUT2D eigenvalue weighted by molar-refractivity contribution is 5.94. The van der Waals surface area contributed by atoms with Gasteiger partial charge < -0.3 is 15.3 Å². The second kappa shape index (κ2) is 11.8. The van der Waals surface area contributed by atoms with E-state index in [1.807, 2.05) is 71.4 Å². The average Bonchev–Trinajstić information content (AvgIpc) is 3.28. The number of imidazole rings is 1. The number of pyridine rings is 1. The molecular formula is C20H33N5O. The molecule has 0 spiro atoms. The molecule has 0 aliphatic carbocycles. The van der Waals surface area contributed by atoms with Crippen LogP contribution in [-0.2, 0) is 6.54 Å². The Balaban J connectivity index is 0.000000948. The number of nitrogen functional groups attached to an aromatic ring is 1. The number of nitrogens with two attached hydrogens (primary N) is 1. The summed E-state index contributed by atoms with van der Waals surface area (Å²) in [5.41, 5.74) is 9.18. The van der Waals surface area contributed by atoms with Crippen molar-refractivity contribution in [1.29, 1.82) is 0 Å². The van der Waals surface area contributed by atoms with E-state index in [-0.39, 0.29) is 5.78 Å². The highest BCUT2D eigenvalue weighted by Gasteiger charge is 2.12. The molecule has 3 rings (SSSR count). The van der Waals surface area contributed by atoms with Crippen LogP contribution in [0.15, 0.2) is 24.4 Å². The third kappa shape index (κ3) is 5.44. The van der Waals surface area contributed by atoms with Crippen LogP contribution in [0.4, 0.5) is 5.69 Å². The molecule has 0 amide bonds. The Labute approximate surface area is 156 Å². The number of ketones is 1. The minimum atomic E-state index is -0.0716. The highest BCUT2D eigenvalue weighted by atomic mass is 16.1. The molecule has 0 saturated heterocycles. The first kappa shape index (κ1) is 23.4. The zero-order chi connectivity index (χ0) is 20.3. The lowest BCUT2D eigenvalue weighted by atomic mass is 10.3. The maximum absolute atomic E-state index is 11.3. The second-order valence-electron chi connectivity index (χ2n) is 4.65. The van der Waals surface area contributed by atoms with E-state index in [1.54, 1.807) is 6.07 Å². The van der Waals surface area contributed by atoms with Gasteiger partial charge in [-0.3, -0.25) is 4.79 Å². The number of hydrogen-bond donors (Lipinski definition) is 2. The molecule has 0 unspecified atom stereocenters. The molecule has 3 aromatic rings. The minimum Gasteiger partial charge on any atom is -0.397 e. The van der Waals surface area contributed by atoms with Crippen LogP contribution in [-0.4, -0.2) is 25.3 Å². The number of aromatic nitrogens is 4. The summed E-state index contributed by atoms with van der Waals surface area (Å²) in [6.45, 7) is 16.3. The topological polar surface area (TPSA) is 89.6 Å². The van der Waals surface area contributed by atoms with Crippen molar-refractivity contribution in [2.75, 3.05) is 5.73 Å². The normalized spacial score (nSPS) is 9.23. The zero-order valence-corrected chi connectivity index (χ0v) is 17.3. The molecule has 0 aliphatic heterocycles. The number of aryl methyl sites for hydroxylation is 1. The van der Waals surface area contributed by atoms with E-state index in [0.717, 1.165) is 17.8 Å². The summed E-state index contributed by atoms with van der Waals surface area (Å²) in [4.78, 5) is 23.3. The molecule has 3 N–H and O–H groups in total. The van der Waals surface area contributed by atoms with Gasteiger partial charge in [0.25, 0.3) is 0 Å². The number of H-pyrrole nitrogens is 1. The van der Waals surface area contributed by atoms with Crippen LogP contribution < -0.4 is 5.73 Å². The summed E-state index contributed by atoms with van der Waals surface area (Å²) in [6, 6.07) is 5.38. The van der Waals surface area contributed by atoms with Gasteiger partial charge in [-0.25, -0.2) is 9.97 Å². The Bertz CT molecular complexity index is 802. The summed E-state index contributed by atoms with van der Waals surface area (Å²) >= 11 is 0. The lowest BCUT2D eigenvalue weighted by Crippen LogP contribution is -1.96. The van der Waals surface area contributed by atoms with Gasteiger partial charge in [0.05, 0.1) is 16.9 Å². The molecular weight excluding hydrogens is 326 g/mol. The summed E-state index contributed by atoms with van der Waals surface area (Å²) in [5.74, 6) is 0.629. The molecule has 6 heteroatoms. The molecule has 0 bridgehead atoms. The number of carbonyl (C=O) groups excluding carboxylic acids is 1. The summed E-state index contributed by atoms with van der Waals surface area (Å²) in [6.07, 6.45) is 1.87. The summed E-state index contributed by atoms with van der Waals surface area (Å²) in [7, 11) is 0. The van der Waals surface area contributed by atoms with Crippen LogP contribution in [0.5, 0.6) is 0 Å². The third-order valence-corrected chi connectivity index (χ3v) is 3.21. The quantitative estimate of drug-likeness (QED) is 0.620. The van der Waals surface area contributed by atoms with Crippen LogP contribution in [0.1, 0.15) is 65.9 Å². The average molecular weight is 360 g/mol. The van der Waals surface area contributed by atoms with Crippen LogP contribution in [0, 0.1) is 0 Å². The van der Waals surface area contributed by atoms with Gasteiger partial charge in [-0.05, 0) is 25.1 Å². The minimum absolute atomic E-state index is 0.0716. The molecule has 3 heterocycles. The number of carbonyl (C=O) groups is 1. The van der Waals surface area contributed by atoms with Crippen molar-refractivity contribution in [3.8, 4) is 11.5 Å². The molecule has 0 atom stereocenters. The van der Waals surface area contributed by atoms with Gasteiger partial charge in [0.2, 0.25) is 0 Å². The number of rotatable bonds is 3. The Kier molecular flexibility index (Phi) is 10.6. The molecule has 0 saturated carbocycles. The molecule has 0 fully saturated rings. The van der Waals surface area contributed by atoms with E-state index < -0.39 is 0 Å². The smallest absolute Gasteiger partial charge is 0.178 e. The molecule has 0 aliphatic rings. The van der Waals surface area contributed by atoms with E-state index in [4.69, 9.17) is 5.73 Å². The summed E-state index contributed by atoms with van der Waals surface area (Å²) < 4.78 is 2.01. The first-order valence-electron chi connectivity index (χ1n) is 9.42. The predicted molar refractivity (Wildman–Crippen MR) is 111 cm³/mol. The number of anilines is 1. The Morgan fingerprint density at radius 1 is 1.12 bits per heavy atom. The van der Waals surface area contributed by atoms with Crippen molar-refractivity contribution in [2.24, 2.45) is 0 Å². The van der Waals surface area contributed by atoms with Gasteiger partial charge in [-0.1, -0.05) is 41.5 Å². The van der Waals surface area contributed by atoms with Crippen LogP contribution in [0.2, 0.25) is 0 Å². The fraction of sp³-hybridized carbons (Fsp3) is 0.450. The largest absolute Gasteiger partial charge is 0.397 e. The number of nitrogens with one attached hydrogen (secondary N) is 1. The molecule has 26 heavy (non-hydrogen) atoms. The predicted octanol–water partition coefficient (Wildman–Crippen LogP) is 5.31. The van der Waals surface area contributed by atoms with Gasteiger partial charge in [-0.15, -0.1) is 0 Å². The summed E-state index contributed by atoms with van der Waals surface area (Å²) in [5, 5.41) is 0. The third-order valence-electron chi connectivity index (χ3n) is 3.21. The van der Waals surface area contributed by atoms with Gasteiger partial charge in [0.1, 0.15) is 5.69 Å². The number of fused-ring (bicyclic) bond motifs is 1. The standard InChI is InChI=1S/C14H15N5O.3C2H6/c1-3-19-7-9(15)6-12(19)14-17-11-5-4-10(8(2)20)16-13(11)18-14;3*1-2/h4-7H,3,15H2,1-2H3,(H,16,17,18);3*1-2H3. The van der Waals surface area contributed by atoms with E-state index in [9.17, 15) is 4.79 Å². The number of Topliss-reactive ketones (excluding diaryl/α,β-unsaturated/α-hetero) is 1. The maximum Gasteiger partial charge on any atom is 0.178 e. The Morgan fingerprint density at radius 3 is 2.27 bits per heavy atom. The molecule has 0 radical (unpaired) electrons. The van der Waals surface area contributed by atoms with Gasteiger partial charge in [-0.2, -0.15) is 0 Å². The van der Waals surface area contributed by atoms with Gasteiger partial charge in [0.15, 0.2) is 17.3 Å². The maximum atomic E-state index is 11.3. The van der Waals surface area contributed by atoms with Gasteiger partial charge in [0, 0.05) is 19.7 Å². The fourth-order valence-corrected chi connectivity index (χ4v) is 2.20. The zero-order valence-electron chi connectivity index (χ0n) is 17.3. The van der Waals surface area contributed by atoms with E-state index >= 15 is 0 Å². The lowest BCUT2D eigenvalue weighted by Gasteiger charge is -2.01. The second-order valence-corrected chi connectivity index (χ2v) is 4.65. The van der Waals surface area contributed by atoms with E-state index in [1.165, 1.54) is 6.92 Å². The fourth-order valence-electron chi connectivity index (χ4n) is 2.20. The number of aromatic amines is 1. The van der Waals surface area contributed by atoms with Crippen molar-refractivity contribution in [3.05, 3.63) is 30.1 Å². The Morgan fingerprint density at radius 2 is 1.73 bits per heavy atom. The van der Waals surface area contributed by atoms with Crippen molar-refractivity contribution in [1.82, 2.24) is 19.5 Å². The first-order chi connectivity index (χ1) is 12.6. The molecule has 6 nitrogen and oxygen atoms in total. The van der Waals surface area contributed by atoms with Crippen molar-refractivity contribution in [2.45, 2.75) is 61.9 Å². The first-order valence-corrected chi connectivity index (χ1v) is 9.42. The van der Waals surface area contributed by atoms with Crippen LogP contribution in [0.25, 0.3) is 22.7 Å². The SMILES string of the molecule is CC.CC.CC.CCn1cc(N)cc1-c1nc2nc(C(C)=O)ccc2[nH]1. The van der Waals surface area contributed by atoms with Crippen LogP contribution >= 0.6 is 0 Å². The monoisotopic (exact) mass is 359 g/mol. The Hall–Kier alpha value is -2.63. The molecule has 3 aromatic heterocycles. The highest BCUT2D eigenvalue weighted by Crippen LogP contribution is 2.23. The van der Waals surface area contributed by atoms with E-state index in [2.05, 4.69) is 15.0 Å². The lowest BCUT2D eigenvalue weighted by molar-refractivity contribution is 0.101.